The summed E-state index contributed by atoms with van der Waals surface area (Å²) in [5, 5.41) is 6.77. The Morgan fingerprint density at radius 1 is 0.967 bits per heavy atom. The number of anilines is 1. The van der Waals surface area contributed by atoms with E-state index in [-0.39, 0.29) is 0 Å². The van der Waals surface area contributed by atoms with E-state index in [1.165, 1.54) is 5.69 Å². The summed E-state index contributed by atoms with van der Waals surface area (Å²) >= 11 is 0. The fourth-order valence-electron chi connectivity index (χ4n) is 3.84. The molecule has 2 N–H and O–H groups in total. The molecule has 0 saturated carbocycles. The number of aliphatic imine (C=N–C) groups is 1. The van der Waals surface area contributed by atoms with E-state index < -0.39 is 0 Å². The first kappa shape index (κ1) is 20.3. The van der Waals surface area contributed by atoms with E-state index in [0.717, 1.165) is 68.7 Å². The van der Waals surface area contributed by atoms with Gasteiger partial charge in [0, 0.05) is 52.0 Å². The molecule has 1 saturated heterocycles. The van der Waals surface area contributed by atoms with Crippen LogP contribution in [-0.4, -0.2) is 64.0 Å². The Bertz CT molecular complexity index is 835. The summed E-state index contributed by atoms with van der Waals surface area (Å²) in [5.74, 6) is 2.44. The molecule has 0 unspecified atom stereocenters. The third kappa shape index (κ3) is 5.36. The Balaban J connectivity index is 1.12. The van der Waals surface area contributed by atoms with Gasteiger partial charge >= 0.3 is 0 Å². The van der Waals surface area contributed by atoms with Gasteiger partial charge < -0.3 is 25.0 Å². The lowest BCUT2D eigenvalue weighted by atomic mass is 10.2. The van der Waals surface area contributed by atoms with Crippen molar-refractivity contribution in [2.45, 2.75) is 13.0 Å². The molecule has 0 atom stereocenters. The molecule has 4 rings (SSSR count). The molecule has 160 valence electrons. The molecule has 7 nitrogen and oxygen atoms in total. The van der Waals surface area contributed by atoms with Gasteiger partial charge in [-0.25, -0.2) is 0 Å². The topological polar surface area (TPSA) is 61.4 Å². The zero-order chi connectivity index (χ0) is 20.6. The first-order valence-corrected chi connectivity index (χ1v) is 10.7. The van der Waals surface area contributed by atoms with E-state index in [0.29, 0.717) is 13.3 Å². The summed E-state index contributed by atoms with van der Waals surface area (Å²) in [4.78, 5) is 9.34. The van der Waals surface area contributed by atoms with E-state index in [1.807, 2.05) is 18.2 Å². The number of rotatable bonds is 7. The van der Waals surface area contributed by atoms with Crippen molar-refractivity contribution < 1.29 is 9.47 Å². The number of nitrogens with zero attached hydrogens (tertiary/aromatic N) is 3. The number of nitrogens with one attached hydrogen (secondary N) is 2. The fraction of sp³-hybridized carbons (Fsp3) is 0.435. The number of para-hydroxylation sites is 1. The van der Waals surface area contributed by atoms with E-state index in [2.05, 4.69) is 55.8 Å². The molecule has 2 aromatic carbocycles. The summed E-state index contributed by atoms with van der Waals surface area (Å²) in [7, 11) is 1.80. The molecule has 2 aromatic rings. The minimum Gasteiger partial charge on any atom is -0.454 e. The van der Waals surface area contributed by atoms with Crippen molar-refractivity contribution in [3.8, 4) is 11.5 Å². The number of hydrogen-bond acceptors (Lipinski definition) is 5. The highest BCUT2D eigenvalue weighted by atomic mass is 16.7. The van der Waals surface area contributed by atoms with E-state index >= 15 is 0 Å². The van der Waals surface area contributed by atoms with E-state index in [4.69, 9.17) is 9.47 Å². The van der Waals surface area contributed by atoms with Gasteiger partial charge in [0.15, 0.2) is 17.5 Å². The van der Waals surface area contributed by atoms with E-state index in [9.17, 15) is 0 Å². The van der Waals surface area contributed by atoms with Crippen molar-refractivity contribution in [3.05, 3.63) is 54.1 Å². The van der Waals surface area contributed by atoms with Gasteiger partial charge in [0.25, 0.3) is 0 Å². The molecule has 0 bridgehead atoms. The summed E-state index contributed by atoms with van der Waals surface area (Å²) in [5.41, 5.74) is 2.47. The quantitative estimate of drug-likeness (QED) is 0.416. The minimum atomic E-state index is 0.302. The van der Waals surface area contributed by atoms with Crippen LogP contribution in [0.2, 0.25) is 0 Å². The second-order valence-electron chi connectivity index (χ2n) is 7.56. The molecule has 0 aromatic heterocycles. The number of benzene rings is 2. The van der Waals surface area contributed by atoms with Crippen molar-refractivity contribution in [2.75, 3.05) is 58.0 Å². The van der Waals surface area contributed by atoms with Crippen LogP contribution in [0.4, 0.5) is 5.69 Å². The minimum absolute atomic E-state index is 0.302. The van der Waals surface area contributed by atoms with Crippen molar-refractivity contribution in [1.29, 1.82) is 0 Å². The molecular weight excluding hydrogens is 378 g/mol. The average Bonchev–Trinajstić information content (AvgIpc) is 3.27. The van der Waals surface area contributed by atoms with Gasteiger partial charge in [-0.15, -0.1) is 0 Å². The van der Waals surface area contributed by atoms with Crippen molar-refractivity contribution in [3.63, 3.8) is 0 Å². The van der Waals surface area contributed by atoms with Gasteiger partial charge in [0.1, 0.15) is 0 Å². The van der Waals surface area contributed by atoms with Crippen molar-refractivity contribution >= 4 is 11.6 Å². The lowest BCUT2D eigenvalue weighted by Gasteiger charge is -2.36. The lowest BCUT2D eigenvalue weighted by Crippen LogP contribution is -2.47. The monoisotopic (exact) mass is 409 g/mol. The van der Waals surface area contributed by atoms with Crippen LogP contribution < -0.4 is 25.0 Å². The summed E-state index contributed by atoms with van der Waals surface area (Å²) < 4.78 is 10.8. The Labute approximate surface area is 178 Å². The predicted octanol–water partition coefficient (Wildman–Crippen LogP) is 2.29. The predicted molar refractivity (Wildman–Crippen MR) is 120 cm³/mol. The van der Waals surface area contributed by atoms with Crippen molar-refractivity contribution in [1.82, 2.24) is 15.5 Å². The van der Waals surface area contributed by atoms with Crippen LogP contribution in [0.5, 0.6) is 11.5 Å². The Kier molecular flexibility index (Phi) is 6.92. The molecule has 2 aliphatic rings. The zero-order valence-electron chi connectivity index (χ0n) is 17.6. The number of hydrogen-bond donors (Lipinski definition) is 2. The summed E-state index contributed by atoms with van der Waals surface area (Å²) in [6, 6.07) is 16.7. The number of piperazine rings is 1. The molecule has 1 fully saturated rings. The zero-order valence-corrected chi connectivity index (χ0v) is 17.6. The Morgan fingerprint density at radius 3 is 2.57 bits per heavy atom. The van der Waals surface area contributed by atoms with Crippen molar-refractivity contribution in [2.24, 2.45) is 4.99 Å². The van der Waals surface area contributed by atoms with Crippen LogP contribution in [0.25, 0.3) is 0 Å². The van der Waals surface area contributed by atoms with Gasteiger partial charge in [-0.1, -0.05) is 24.3 Å². The Morgan fingerprint density at radius 2 is 1.77 bits per heavy atom. The molecule has 0 spiro atoms. The second-order valence-corrected chi connectivity index (χ2v) is 7.56. The maximum atomic E-state index is 5.44. The molecule has 0 amide bonds. The molecule has 30 heavy (non-hydrogen) atoms. The summed E-state index contributed by atoms with van der Waals surface area (Å²) in [6.07, 6.45) is 1.09. The van der Waals surface area contributed by atoms with Crippen LogP contribution in [-0.2, 0) is 6.54 Å². The molecular formula is C23H31N5O2. The van der Waals surface area contributed by atoms with Gasteiger partial charge in [-0.3, -0.25) is 9.89 Å². The molecule has 0 radical (unpaired) electrons. The van der Waals surface area contributed by atoms with Gasteiger partial charge in [-0.05, 0) is 42.8 Å². The largest absolute Gasteiger partial charge is 0.454 e. The average molecular weight is 410 g/mol. The molecule has 0 aliphatic carbocycles. The molecule has 7 heteroatoms. The van der Waals surface area contributed by atoms with Crippen LogP contribution in [0.15, 0.2) is 53.5 Å². The highest BCUT2D eigenvalue weighted by Gasteiger charge is 2.16. The smallest absolute Gasteiger partial charge is 0.231 e. The molecule has 2 heterocycles. The third-order valence-corrected chi connectivity index (χ3v) is 5.56. The standard InChI is InChI=1S/C23H31N5O2/c1-24-23(26-17-19-8-9-21-22(16-19)30-18-29-21)25-10-5-11-27-12-14-28(15-13-27)20-6-3-2-4-7-20/h2-4,6-9,16H,5,10-15,17-18H2,1H3,(H2,24,25,26). The maximum absolute atomic E-state index is 5.44. The third-order valence-electron chi connectivity index (χ3n) is 5.56. The van der Waals surface area contributed by atoms with Crippen LogP contribution >= 0.6 is 0 Å². The van der Waals surface area contributed by atoms with Gasteiger partial charge in [-0.2, -0.15) is 0 Å². The normalized spacial score (nSPS) is 16.6. The SMILES string of the molecule is CN=C(NCCCN1CCN(c2ccccc2)CC1)NCc1ccc2c(c1)OCO2. The second kappa shape index (κ2) is 10.2. The number of ether oxygens (including phenoxy) is 2. The number of fused-ring (bicyclic) bond motifs is 1. The van der Waals surface area contributed by atoms with Gasteiger partial charge in [0.05, 0.1) is 0 Å². The summed E-state index contributed by atoms with van der Waals surface area (Å²) in [6.45, 7) is 7.42. The first-order valence-electron chi connectivity index (χ1n) is 10.7. The number of guanidine groups is 1. The fourth-order valence-corrected chi connectivity index (χ4v) is 3.84. The van der Waals surface area contributed by atoms with Crippen LogP contribution in [0.3, 0.4) is 0 Å². The van der Waals surface area contributed by atoms with Crippen LogP contribution in [0, 0.1) is 0 Å². The van der Waals surface area contributed by atoms with Gasteiger partial charge in [0.2, 0.25) is 6.79 Å². The molecule has 2 aliphatic heterocycles. The van der Waals surface area contributed by atoms with Crippen LogP contribution in [0.1, 0.15) is 12.0 Å². The first-order chi connectivity index (χ1) is 14.8. The Hall–Kier alpha value is -2.93. The maximum Gasteiger partial charge on any atom is 0.231 e. The van der Waals surface area contributed by atoms with E-state index in [1.54, 1.807) is 7.05 Å². The highest BCUT2D eigenvalue weighted by Crippen LogP contribution is 2.32. The lowest BCUT2D eigenvalue weighted by molar-refractivity contribution is 0.174. The highest BCUT2D eigenvalue weighted by molar-refractivity contribution is 5.79.